The van der Waals surface area contributed by atoms with E-state index in [4.69, 9.17) is 5.11 Å². The summed E-state index contributed by atoms with van der Waals surface area (Å²) < 4.78 is 0. The predicted octanol–water partition coefficient (Wildman–Crippen LogP) is -0.426. The van der Waals surface area contributed by atoms with Crippen LogP contribution in [0.25, 0.3) is 0 Å². The minimum Gasteiger partial charge on any atom is -0.481 e. The standard InChI is InChI=1S/C7H12N2O2/c10-7(11)6-4-1-2-5(6)9-8-3-4/h4-6,8-9H,1-3H2,(H,10,11). The summed E-state index contributed by atoms with van der Waals surface area (Å²) in [4.78, 5) is 10.7. The zero-order valence-electron chi connectivity index (χ0n) is 6.21. The highest BCUT2D eigenvalue weighted by Crippen LogP contribution is 2.33. The molecule has 62 valence electrons. The van der Waals surface area contributed by atoms with Crippen LogP contribution in [0.1, 0.15) is 12.8 Å². The largest absolute Gasteiger partial charge is 0.481 e. The Labute approximate surface area is 64.9 Å². The molecule has 2 bridgehead atoms. The summed E-state index contributed by atoms with van der Waals surface area (Å²) in [7, 11) is 0. The molecule has 0 radical (unpaired) electrons. The minimum atomic E-state index is -0.647. The Balaban J connectivity index is 2.15. The van der Waals surface area contributed by atoms with Crippen molar-refractivity contribution in [3.63, 3.8) is 0 Å². The molecule has 2 aliphatic rings. The average molecular weight is 156 g/mol. The van der Waals surface area contributed by atoms with Crippen molar-refractivity contribution in [2.45, 2.75) is 18.9 Å². The molecule has 1 saturated carbocycles. The van der Waals surface area contributed by atoms with Crippen LogP contribution in [0, 0.1) is 11.8 Å². The fourth-order valence-electron chi connectivity index (χ4n) is 2.17. The Hall–Kier alpha value is -0.610. The van der Waals surface area contributed by atoms with E-state index >= 15 is 0 Å². The maximum atomic E-state index is 10.7. The molecule has 3 atom stereocenters. The SMILES string of the molecule is O=C(O)C1C2CCC1NNC2. The van der Waals surface area contributed by atoms with Crippen LogP contribution in [0.15, 0.2) is 0 Å². The topological polar surface area (TPSA) is 61.4 Å². The summed E-state index contributed by atoms with van der Waals surface area (Å²) in [5.74, 6) is -0.457. The molecule has 3 N–H and O–H groups in total. The molecule has 0 aromatic carbocycles. The van der Waals surface area contributed by atoms with Gasteiger partial charge in [0.25, 0.3) is 0 Å². The molecule has 0 amide bonds. The number of hydrogen-bond donors (Lipinski definition) is 3. The normalized spacial score (nSPS) is 42.4. The molecule has 3 unspecified atom stereocenters. The molecule has 1 heterocycles. The van der Waals surface area contributed by atoms with Gasteiger partial charge in [0.05, 0.1) is 5.92 Å². The number of hydrogen-bond acceptors (Lipinski definition) is 3. The molecule has 1 saturated heterocycles. The molecule has 0 aromatic rings. The Bertz CT molecular complexity index is 167. The van der Waals surface area contributed by atoms with Gasteiger partial charge >= 0.3 is 5.97 Å². The van der Waals surface area contributed by atoms with Gasteiger partial charge in [-0.25, -0.2) is 0 Å². The van der Waals surface area contributed by atoms with E-state index in [9.17, 15) is 4.79 Å². The number of hydrazine groups is 1. The van der Waals surface area contributed by atoms with Gasteiger partial charge in [-0.2, -0.15) is 0 Å². The highest BCUT2D eigenvalue weighted by Gasteiger charge is 2.43. The summed E-state index contributed by atoms with van der Waals surface area (Å²) in [5, 5.41) is 8.85. The lowest BCUT2D eigenvalue weighted by Crippen LogP contribution is -2.53. The van der Waals surface area contributed by atoms with E-state index < -0.39 is 5.97 Å². The highest BCUT2D eigenvalue weighted by molar-refractivity contribution is 5.72. The van der Waals surface area contributed by atoms with Crippen LogP contribution < -0.4 is 10.9 Å². The monoisotopic (exact) mass is 156 g/mol. The molecule has 0 spiro atoms. The van der Waals surface area contributed by atoms with E-state index in [1.165, 1.54) is 0 Å². The van der Waals surface area contributed by atoms with Gasteiger partial charge in [-0.15, -0.1) is 0 Å². The minimum absolute atomic E-state index is 0.156. The fraction of sp³-hybridized carbons (Fsp3) is 0.857. The number of carboxylic acid groups (broad SMARTS) is 1. The van der Waals surface area contributed by atoms with E-state index in [0.29, 0.717) is 5.92 Å². The fourth-order valence-corrected chi connectivity index (χ4v) is 2.17. The molecule has 2 rings (SSSR count). The molecular weight excluding hydrogens is 144 g/mol. The highest BCUT2D eigenvalue weighted by atomic mass is 16.4. The van der Waals surface area contributed by atoms with Gasteiger partial charge in [-0.3, -0.25) is 15.6 Å². The number of fused-ring (bicyclic) bond motifs is 2. The Kier molecular flexibility index (Phi) is 1.58. The second-order valence-corrected chi connectivity index (χ2v) is 3.33. The molecule has 1 aliphatic carbocycles. The van der Waals surface area contributed by atoms with Gasteiger partial charge in [0.1, 0.15) is 0 Å². The molecule has 2 fully saturated rings. The van der Waals surface area contributed by atoms with Crippen LogP contribution in [-0.4, -0.2) is 23.7 Å². The summed E-state index contributed by atoms with van der Waals surface area (Å²) in [6.45, 7) is 0.799. The van der Waals surface area contributed by atoms with Crippen LogP contribution in [0.5, 0.6) is 0 Å². The molecule has 0 aromatic heterocycles. The number of carboxylic acids is 1. The van der Waals surface area contributed by atoms with E-state index in [1.54, 1.807) is 0 Å². The number of rotatable bonds is 1. The van der Waals surface area contributed by atoms with Gasteiger partial charge in [0.15, 0.2) is 0 Å². The quantitative estimate of drug-likeness (QED) is 0.482. The average Bonchev–Trinajstić information content (AvgIpc) is 2.23. The third-order valence-electron chi connectivity index (χ3n) is 2.73. The first-order valence-electron chi connectivity index (χ1n) is 4.00. The summed E-state index contributed by atoms with van der Waals surface area (Å²) in [5.41, 5.74) is 6.03. The van der Waals surface area contributed by atoms with E-state index in [1.807, 2.05) is 0 Å². The Morgan fingerprint density at radius 3 is 2.82 bits per heavy atom. The maximum absolute atomic E-state index is 10.7. The van der Waals surface area contributed by atoms with Gasteiger partial charge in [-0.1, -0.05) is 0 Å². The first-order valence-corrected chi connectivity index (χ1v) is 4.00. The van der Waals surface area contributed by atoms with Gasteiger partial charge in [-0.05, 0) is 18.8 Å². The van der Waals surface area contributed by atoms with Crippen LogP contribution in [0.2, 0.25) is 0 Å². The second kappa shape index (κ2) is 2.46. The molecule has 4 heteroatoms. The number of nitrogens with one attached hydrogen (secondary N) is 2. The smallest absolute Gasteiger partial charge is 0.308 e. The molecular formula is C7H12N2O2. The zero-order chi connectivity index (χ0) is 7.84. The van der Waals surface area contributed by atoms with E-state index in [0.717, 1.165) is 19.4 Å². The van der Waals surface area contributed by atoms with Crippen molar-refractivity contribution in [2.24, 2.45) is 11.8 Å². The van der Waals surface area contributed by atoms with Crippen molar-refractivity contribution in [3.8, 4) is 0 Å². The van der Waals surface area contributed by atoms with Crippen LogP contribution in [0.3, 0.4) is 0 Å². The van der Waals surface area contributed by atoms with Crippen molar-refractivity contribution in [2.75, 3.05) is 6.54 Å². The molecule has 4 nitrogen and oxygen atoms in total. The lowest BCUT2D eigenvalue weighted by Gasteiger charge is -2.28. The lowest BCUT2D eigenvalue weighted by atomic mass is 9.93. The van der Waals surface area contributed by atoms with Crippen LogP contribution in [0.4, 0.5) is 0 Å². The summed E-state index contributed by atoms with van der Waals surface area (Å²) >= 11 is 0. The maximum Gasteiger partial charge on any atom is 0.308 e. The van der Waals surface area contributed by atoms with Crippen molar-refractivity contribution in [3.05, 3.63) is 0 Å². The van der Waals surface area contributed by atoms with Crippen molar-refractivity contribution in [1.82, 2.24) is 10.9 Å². The van der Waals surface area contributed by atoms with Crippen molar-refractivity contribution < 1.29 is 9.90 Å². The number of carbonyl (C=O) groups is 1. The van der Waals surface area contributed by atoms with Gasteiger partial charge in [0, 0.05) is 12.6 Å². The van der Waals surface area contributed by atoms with Gasteiger partial charge < -0.3 is 5.11 Å². The van der Waals surface area contributed by atoms with Crippen molar-refractivity contribution >= 4 is 5.97 Å². The Morgan fingerprint density at radius 2 is 2.27 bits per heavy atom. The van der Waals surface area contributed by atoms with Gasteiger partial charge in [0.2, 0.25) is 0 Å². The van der Waals surface area contributed by atoms with Crippen LogP contribution in [-0.2, 0) is 4.79 Å². The zero-order valence-corrected chi connectivity index (χ0v) is 6.21. The molecule has 11 heavy (non-hydrogen) atoms. The predicted molar refractivity (Wildman–Crippen MR) is 38.8 cm³/mol. The summed E-state index contributed by atoms with van der Waals surface area (Å²) in [6, 6.07) is 0.159. The second-order valence-electron chi connectivity index (χ2n) is 3.33. The first kappa shape index (κ1) is 7.06. The lowest BCUT2D eigenvalue weighted by molar-refractivity contribution is -0.144. The van der Waals surface area contributed by atoms with Crippen molar-refractivity contribution in [1.29, 1.82) is 0 Å². The third-order valence-corrected chi connectivity index (χ3v) is 2.73. The summed E-state index contributed by atoms with van der Waals surface area (Å²) in [6.07, 6.45) is 2.04. The molecule has 1 aliphatic heterocycles. The first-order chi connectivity index (χ1) is 5.29. The Morgan fingerprint density at radius 1 is 1.45 bits per heavy atom. The third kappa shape index (κ3) is 1.02. The number of aliphatic carboxylic acids is 1. The van der Waals surface area contributed by atoms with E-state index in [2.05, 4.69) is 10.9 Å². The van der Waals surface area contributed by atoms with Crippen LogP contribution >= 0.6 is 0 Å². The van der Waals surface area contributed by atoms with E-state index in [-0.39, 0.29) is 12.0 Å².